The van der Waals surface area contributed by atoms with Crippen molar-refractivity contribution in [1.29, 1.82) is 0 Å². The van der Waals surface area contributed by atoms with E-state index < -0.39 is 24.0 Å². The van der Waals surface area contributed by atoms with Crippen molar-refractivity contribution in [2.45, 2.75) is 38.8 Å². The smallest absolute Gasteiger partial charge is 0.326 e. The number of nitrogens with one attached hydrogen (secondary N) is 1. The van der Waals surface area contributed by atoms with Gasteiger partial charge in [-0.15, -0.1) is 0 Å². The lowest BCUT2D eigenvalue weighted by atomic mass is 10.0. The molecule has 3 rings (SSSR count). The zero-order chi connectivity index (χ0) is 19.6. The Morgan fingerprint density at radius 3 is 2.63 bits per heavy atom. The van der Waals surface area contributed by atoms with Crippen molar-refractivity contribution < 1.29 is 19.5 Å². The first-order valence-corrected chi connectivity index (χ1v) is 9.08. The number of carboxylic acid groups (broad SMARTS) is 1. The molecule has 2 aromatic rings. The zero-order valence-corrected chi connectivity index (χ0v) is 15.4. The van der Waals surface area contributed by atoms with Crippen LogP contribution >= 0.6 is 0 Å². The highest BCUT2D eigenvalue weighted by Crippen LogP contribution is 2.20. The number of hydrogen-bond acceptors (Lipinski definition) is 4. The van der Waals surface area contributed by atoms with Crippen LogP contribution in [-0.2, 0) is 9.59 Å². The van der Waals surface area contributed by atoms with E-state index in [4.69, 9.17) is 0 Å². The van der Waals surface area contributed by atoms with E-state index in [1.165, 1.54) is 4.90 Å². The Morgan fingerprint density at radius 2 is 1.93 bits per heavy atom. The molecule has 1 aromatic heterocycles. The molecule has 2 amide bonds. The van der Waals surface area contributed by atoms with Crippen LogP contribution in [0.3, 0.4) is 0 Å². The van der Waals surface area contributed by atoms with Crippen molar-refractivity contribution in [3.8, 4) is 0 Å². The van der Waals surface area contributed by atoms with Crippen LogP contribution in [0.5, 0.6) is 0 Å². The maximum absolute atomic E-state index is 12.9. The molecule has 0 spiro atoms. The monoisotopic (exact) mass is 369 g/mol. The molecular formula is C20H23N3O4. The van der Waals surface area contributed by atoms with Crippen LogP contribution in [0.4, 0.5) is 0 Å². The number of amides is 2. The third-order valence-electron chi connectivity index (χ3n) is 4.87. The fourth-order valence-electron chi connectivity index (χ4n) is 3.39. The summed E-state index contributed by atoms with van der Waals surface area (Å²) in [6.45, 7) is 4.04. The second-order valence-electron chi connectivity index (χ2n) is 7.11. The van der Waals surface area contributed by atoms with Gasteiger partial charge in [0.05, 0.1) is 5.52 Å². The van der Waals surface area contributed by atoms with Crippen molar-refractivity contribution in [1.82, 2.24) is 15.2 Å². The van der Waals surface area contributed by atoms with Gasteiger partial charge in [0.25, 0.3) is 5.91 Å². The summed E-state index contributed by atoms with van der Waals surface area (Å²) in [6.07, 6.45) is 1.08. The summed E-state index contributed by atoms with van der Waals surface area (Å²) in [5, 5.41) is 13.0. The minimum absolute atomic E-state index is 0.183. The average Bonchev–Trinajstić information content (AvgIpc) is 3.15. The summed E-state index contributed by atoms with van der Waals surface area (Å²) in [5.74, 6) is -1.99. The summed E-state index contributed by atoms with van der Waals surface area (Å²) in [7, 11) is 0. The number of nitrogens with zero attached hydrogens (tertiary/aromatic N) is 2. The molecule has 2 heterocycles. The van der Waals surface area contributed by atoms with Crippen LogP contribution < -0.4 is 5.32 Å². The van der Waals surface area contributed by atoms with Gasteiger partial charge in [0.1, 0.15) is 17.8 Å². The highest BCUT2D eigenvalue weighted by molar-refractivity contribution is 5.98. The number of carboxylic acids is 1. The minimum Gasteiger partial charge on any atom is -0.480 e. The first-order valence-electron chi connectivity index (χ1n) is 9.08. The summed E-state index contributed by atoms with van der Waals surface area (Å²) in [6, 6.07) is 9.27. The van der Waals surface area contributed by atoms with E-state index in [1.807, 2.05) is 44.2 Å². The van der Waals surface area contributed by atoms with Gasteiger partial charge >= 0.3 is 5.97 Å². The number of benzene rings is 1. The molecule has 27 heavy (non-hydrogen) atoms. The lowest BCUT2D eigenvalue weighted by molar-refractivity contribution is -0.149. The summed E-state index contributed by atoms with van der Waals surface area (Å²) in [4.78, 5) is 42.7. The van der Waals surface area contributed by atoms with Crippen molar-refractivity contribution >= 4 is 28.7 Å². The molecule has 1 aromatic carbocycles. The van der Waals surface area contributed by atoms with E-state index in [9.17, 15) is 19.5 Å². The lowest BCUT2D eigenvalue weighted by Gasteiger charge is -2.29. The molecule has 142 valence electrons. The number of carbonyl (C=O) groups is 3. The van der Waals surface area contributed by atoms with Crippen LogP contribution in [0.25, 0.3) is 10.9 Å². The fourth-order valence-corrected chi connectivity index (χ4v) is 3.39. The predicted octanol–water partition coefficient (Wildman–Crippen LogP) is 2.06. The fraction of sp³-hybridized carbons (Fsp3) is 0.400. The first kappa shape index (κ1) is 18.8. The van der Waals surface area contributed by atoms with Gasteiger partial charge in [-0.05, 0) is 30.9 Å². The Morgan fingerprint density at radius 1 is 1.19 bits per heavy atom. The molecule has 1 fully saturated rings. The molecule has 0 aliphatic carbocycles. The third kappa shape index (κ3) is 3.92. The highest BCUT2D eigenvalue weighted by Gasteiger charge is 2.38. The zero-order valence-electron chi connectivity index (χ0n) is 15.4. The highest BCUT2D eigenvalue weighted by atomic mass is 16.4. The van der Waals surface area contributed by atoms with Crippen LogP contribution in [0.2, 0.25) is 0 Å². The molecule has 2 atom stereocenters. The Hall–Kier alpha value is -2.96. The summed E-state index contributed by atoms with van der Waals surface area (Å²) < 4.78 is 0. The van der Waals surface area contributed by atoms with Crippen LogP contribution in [0.1, 0.15) is 37.2 Å². The first-order chi connectivity index (χ1) is 12.9. The van der Waals surface area contributed by atoms with Crippen molar-refractivity contribution in [2.75, 3.05) is 6.54 Å². The Kier molecular flexibility index (Phi) is 5.39. The lowest BCUT2D eigenvalue weighted by Crippen LogP contribution is -2.53. The number of aliphatic carboxylic acids is 1. The molecule has 0 bridgehead atoms. The number of aromatic nitrogens is 1. The van der Waals surface area contributed by atoms with Gasteiger partial charge in [-0.1, -0.05) is 38.1 Å². The van der Waals surface area contributed by atoms with Gasteiger partial charge in [0.15, 0.2) is 0 Å². The maximum atomic E-state index is 12.9. The molecule has 7 heteroatoms. The second kappa shape index (κ2) is 7.73. The van der Waals surface area contributed by atoms with Gasteiger partial charge < -0.3 is 15.3 Å². The maximum Gasteiger partial charge on any atom is 0.326 e. The molecule has 2 N–H and O–H groups in total. The number of hydrogen-bond donors (Lipinski definition) is 2. The largest absolute Gasteiger partial charge is 0.480 e. The number of likely N-dealkylation sites (tertiary alicyclic amines) is 1. The quantitative estimate of drug-likeness (QED) is 0.840. The van der Waals surface area contributed by atoms with E-state index in [-0.39, 0.29) is 17.5 Å². The number of pyridine rings is 1. The molecular weight excluding hydrogens is 346 g/mol. The van der Waals surface area contributed by atoms with Gasteiger partial charge in [-0.3, -0.25) is 9.59 Å². The Labute approximate surface area is 157 Å². The van der Waals surface area contributed by atoms with Crippen molar-refractivity contribution in [3.63, 3.8) is 0 Å². The van der Waals surface area contributed by atoms with Gasteiger partial charge in [0.2, 0.25) is 5.91 Å². The molecule has 0 radical (unpaired) electrons. The van der Waals surface area contributed by atoms with E-state index >= 15 is 0 Å². The number of fused-ring (bicyclic) bond motifs is 1. The van der Waals surface area contributed by atoms with E-state index in [0.29, 0.717) is 24.9 Å². The van der Waals surface area contributed by atoms with Gasteiger partial charge in [-0.25, -0.2) is 9.78 Å². The molecule has 0 saturated carbocycles. The summed E-state index contributed by atoms with van der Waals surface area (Å²) >= 11 is 0. The van der Waals surface area contributed by atoms with Crippen LogP contribution in [0, 0.1) is 5.92 Å². The van der Waals surface area contributed by atoms with Gasteiger partial charge in [0, 0.05) is 11.9 Å². The normalized spacial score (nSPS) is 17.9. The molecule has 1 aliphatic rings. The second-order valence-corrected chi connectivity index (χ2v) is 7.11. The van der Waals surface area contributed by atoms with E-state index in [1.54, 1.807) is 6.07 Å². The minimum atomic E-state index is -1.01. The van der Waals surface area contributed by atoms with Crippen LogP contribution in [0.15, 0.2) is 36.4 Å². The number of para-hydroxylation sites is 1. The van der Waals surface area contributed by atoms with Gasteiger partial charge in [-0.2, -0.15) is 0 Å². The molecule has 0 unspecified atom stereocenters. The SMILES string of the molecule is CC(C)[C@H](NC(=O)c1ccc2ccccc2n1)C(=O)N1CCC[C@H]1C(=O)O. The molecule has 1 saturated heterocycles. The Balaban J connectivity index is 1.79. The van der Waals surface area contributed by atoms with E-state index in [0.717, 1.165) is 5.39 Å². The number of rotatable bonds is 5. The average molecular weight is 369 g/mol. The standard InChI is InChI=1S/C20H23N3O4/c1-12(2)17(19(25)23-11-5-8-16(23)20(26)27)22-18(24)15-10-9-13-6-3-4-7-14(13)21-15/h3-4,6-7,9-10,12,16-17H,5,8,11H2,1-2H3,(H,22,24)(H,26,27)/t16-,17-/m0/s1. The number of carbonyl (C=O) groups excluding carboxylic acids is 2. The predicted molar refractivity (Wildman–Crippen MR) is 100 cm³/mol. The van der Waals surface area contributed by atoms with Crippen molar-refractivity contribution in [2.24, 2.45) is 5.92 Å². The van der Waals surface area contributed by atoms with Crippen molar-refractivity contribution in [3.05, 3.63) is 42.1 Å². The van der Waals surface area contributed by atoms with Crippen LogP contribution in [-0.4, -0.2) is 51.4 Å². The topological polar surface area (TPSA) is 99.6 Å². The molecule has 1 aliphatic heterocycles. The summed E-state index contributed by atoms with van der Waals surface area (Å²) in [5.41, 5.74) is 0.923. The molecule has 7 nitrogen and oxygen atoms in total. The third-order valence-corrected chi connectivity index (χ3v) is 4.87. The van der Waals surface area contributed by atoms with E-state index in [2.05, 4.69) is 10.3 Å². The Bertz CT molecular complexity index is 880.